The predicted molar refractivity (Wildman–Crippen MR) is 167 cm³/mol. The lowest BCUT2D eigenvalue weighted by Gasteiger charge is -2.13. The van der Waals surface area contributed by atoms with Gasteiger partial charge in [-0.2, -0.15) is 0 Å². The predicted octanol–water partition coefficient (Wildman–Crippen LogP) is 5.04. The quantitative estimate of drug-likeness (QED) is 0.138. The number of carbonyl (C=O) groups is 2. The summed E-state index contributed by atoms with van der Waals surface area (Å²) in [6.07, 6.45) is 5.80. The van der Waals surface area contributed by atoms with Crippen LogP contribution in [0.1, 0.15) is 22.5 Å². The van der Waals surface area contributed by atoms with Crippen LogP contribution in [-0.2, 0) is 11.8 Å². The Morgan fingerprint density at radius 2 is 1.98 bits per heavy atom. The number of methoxy groups -OCH3 is 1. The lowest BCUT2D eigenvalue weighted by Crippen LogP contribution is -2.24. The molecule has 0 atom stereocenters. The van der Waals surface area contributed by atoms with Gasteiger partial charge in [-0.1, -0.05) is 24.3 Å². The number of amides is 2. The molecule has 2 aromatic carbocycles. The number of ether oxygens (including phenoxy) is 1. The zero-order valence-corrected chi connectivity index (χ0v) is 24.0. The third-order valence-corrected chi connectivity index (χ3v) is 7.94. The highest BCUT2D eigenvalue weighted by Crippen LogP contribution is 2.41. The highest BCUT2D eigenvalue weighted by molar-refractivity contribution is 7.18. The fraction of sp³-hybridized carbons (Fsp3) is 0.194. The van der Waals surface area contributed by atoms with Crippen LogP contribution in [-0.4, -0.2) is 48.6 Å². The van der Waals surface area contributed by atoms with Crippen molar-refractivity contribution in [2.75, 3.05) is 38.3 Å². The number of rotatable bonds is 10. The average Bonchev–Trinajstić information content (AvgIpc) is 3.58. The van der Waals surface area contributed by atoms with Gasteiger partial charge in [-0.15, -0.1) is 11.3 Å². The second-order valence-corrected chi connectivity index (χ2v) is 10.4. The maximum Gasteiger partial charge on any atom is 0.272 e. The van der Waals surface area contributed by atoms with Gasteiger partial charge in [-0.05, 0) is 61.3 Å². The number of nitrogens with zero attached hydrogens (tertiary/aromatic N) is 2. The van der Waals surface area contributed by atoms with Gasteiger partial charge >= 0.3 is 0 Å². The van der Waals surface area contributed by atoms with Crippen LogP contribution >= 0.6 is 11.3 Å². The number of hydrogen-bond donors (Lipinski definition) is 4. The normalized spacial score (nSPS) is 11.4. The first-order chi connectivity index (χ1) is 19.9. The second kappa shape index (κ2) is 12.2. The lowest BCUT2D eigenvalue weighted by molar-refractivity contribution is -0.116. The van der Waals surface area contributed by atoms with Gasteiger partial charge < -0.3 is 31.0 Å². The first-order valence-corrected chi connectivity index (χ1v) is 14.1. The fourth-order valence-corrected chi connectivity index (χ4v) is 5.85. The van der Waals surface area contributed by atoms with Gasteiger partial charge in [0.2, 0.25) is 5.91 Å². The number of aryl methyl sites for hydroxylation is 1. The van der Waals surface area contributed by atoms with Crippen molar-refractivity contribution in [2.45, 2.75) is 6.42 Å². The molecule has 5 aromatic rings. The van der Waals surface area contributed by atoms with Crippen molar-refractivity contribution in [3.05, 3.63) is 77.4 Å². The van der Waals surface area contributed by atoms with Gasteiger partial charge in [0.1, 0.15) is 17.3 Å². The lowest BCUT2D eigenvalue weighted by atomic mass is 10.0. The summed E-state index contributed by atoms with van der Waals surface area (Å²) >= 11 is 1.53. The third-order valence-electron chi connectivity index (χ3n) is 6.91. The van der Waals surface area contributed by atoms with E-state index in [1.807, 2.05) is 72.6 Å². The molecular formula is C31H32N6O3S. The summed E-state index contributed by atoms with van der Waals surface area (Å²) in [5, 5.41) is 12.7. The molecule has 5 N–H and O–H groups in total. The molecule has 9 nitrogen and oxygen atoms in total. The van der Waals surface area contributed by atoms with Crippen molar-refractivity contribution < 1.29 is 14.3 Å². The van der Waals surface area contributed by atoms with E-state index in [9.17, 15) is 9.59 Å². The van der Waals surface area contributed by atoms with Crippen molar-refractivity contribution in [3.8, 4) is 16.9 Å². The molecule has 2 amide bonds. The molecule has 0 unspecified atom stereocenters. The Kier molecular flexibility index (Phi) is 8.32. The first kappa shape index (κ1) is 27.9. The molecule has 0 spiro atoms. The number of hydrogen-bond acceptors (Lipinski definition) is 7. The van der Waals surface area contributed by atoms with E-state index in [0.717, 1.165) is 50.6 Å². The Labute approximate surface area is 242 Å². The van der Waals surface area contributed by atoms with Crippen LogP contribution in [0.3, 0.4) is 0 Å². The van der Waals surface area contributed by atoms with E-state index in [1.54, 1.807) is 19.4 Å². The summed E-state index contributed by atoms with van der Waals surface area (Å²) in [7, 11) is 5.32. The van der Waals surface area contributed by atoms with E-state index in [2.05, 4.69) is 20.9 Å². The van der Waals surface area contributed by atoms with Crippen LogP contribution in [0.15, 0.2) is 66.2 Å². The smallest absolute Gasteiger partial charge is 0.272 e. The van der Waals surface area contributed by atoms with Gasteiger partial charge in [-0.25, -0.2) is 4.98 Å². The molecule has 0 saturated heterocycles. The molecule has 3 heterocycles. The van der Waals surface area contributed by atoms with E-state index >= 15 is 0 Å². The number of nitrogens with one attached hydrogen (secondary N) is 3. The minimum atomic E-state index is -0.230. The highest BCUT2D eigenvalue weighted by atomic mass is 32.1. The molecule has 10 heteroatoms. The Morgan fingerprint density at radius 3 is 2.76 bits per heavy atom. The van der Waals surface area contributed by atoms with Crippen LogP contribution in [0.25, 0.3) is 38.2 Å². The fourth-order valence-electron chi connectivity index (χ4n) is 4.77. The number of nitrogen functional groups attached to an aromatic ring is 1. The molecule has 0 aliphatic rings. The first-order valence-electron chi connectivity index (χ1n) is 13.2. The van der Waals surface area contributed by atoms with Crippen molar-refractivity contribution in [2.24, 2.45) is 7.05 Å². The van der Waals surface area contributed by atoms with E-state index in [-0.39, 0.29) is 11.8 Å². The monoisotopic (exact) mass is 568 g/mol. The minimum Gasteiger partial charge on any atom is -0.495 e. The summed E-state index contributed by atoms with van der Waals surface area (Å²) < 4.78 is 8.47. The summed E-state index contributed by atoms with van der Waals surface area (Å²) in [5.74, 6) is 0.531. The zero-order valence-electron chi connectivity index (χ0n) is 23.2. The number of para-hydroxylation sites is 1. The largest absolute Gasteiger partial charge is 0.495 e. The molecule has 0 radical (unpaired) electrons. The van der Waals surface area contributed by atoms with Crippen molar-refractivity contribution in [1.29, 1.82) is 0 Å². The van der Waals surface area contributed by atoms with E-state index in [4.69, 9.17) is 10.5 Å². The zero-order chi connectivity index (χ0) is 28.9. The number of pyridine rings is 1. The maximum atomic E-state index is 13.2. The van der Waals surface area contributed by atoms with Gasteiger partial charge in [0, 0.05) is 58.0 Å². The van der Waals surface area contributed by atoms with Crippen LogP contribution in [0.5, 0.6) is 5.75 Å². The summed E-state index contributed by atoms with van der Waals surface area (Å²) in [4.78, 5) is 29.8. The van der Waals surface area contributed by atoms with Crippen LogP contribution < -0.4 is 26.4 Å². The molecule has 0 aliphatic heterocycles. The molecule has 0 saturated carbocycles. The number of benzene rings is 2. The number of anilines is 2. The summed E-state index contributed by atoms with van der Waals surface area (Å²) in [5.41, 5.74) is 11.0. The second-order valence-electron chi connectivity index (χ2n) is 9.55. The number of carbonyl (C=O) groups excluding carboxylic acids is 2. The molecular weight excluding hydrogens is 536 g/mol. The SMILES string of the molecule is CNCCCNC(=O)/C=C/c1cnc(N)c2c(-c3ccc(NC(=O)c4cc5ccccc5n4C)c(OC)c3)csc12. The molecule has 5 rings (SSSR count). The van der Waals surface area contributed by atoms with Crippen LogP contribution in [0.2, 0.25) is 0 Å². The Balaban J connectivity index is 1.40. The number of thiophene rings is 1. The molecule has 0 aliphatic carbocycles. The topological polar surface area (TPSA) is 123 Å². The molecule has 0 bridgehead atoms. The van der Waals surface area contributed by atoms with Gasteiger partial charge in [0.25, 0.3) is 5.91 Å². The summed E-state index contributed by atoms with van der Waals surface area (Å²) in [6, 6.07) is 15.4. The molecule has 210 valence electrons. The maximum absolute atomic E-state index is 13.2. The number of nitrogens with two attached hydrogens (primary N) is 1. The van der Waals surface area contributed by atoms with Crippen LogP contribution in [0.4, 0.5) is 11.5 Å². The standard InChI is InChI=1S/C31H32N6O3S/c1-33-13-6-14-34-27(38)12-10-21-17-35-30(32)28-22(18-41-29(21)28)19-9-11-23(26(16-19)40-3)36-31(39)25-15-20-7-4-5-8-24(20)37(25)2/h4-5,7-12,15-18,33H,6,13-14H2,1-3H3,(H2,32,35)(H,34,38)(H,36,39)/b12-10+. The van der Waals surface area contributed by atoms with Crippen molar-refractivity contribution in [1.82, 2.24) is 20.2 Å². The minimum absolute atomic E-state index is 0.159. The van der Waals surface area contributed by atoms with E-state index in [0.29, 0.717) is 29.5 Å². The van der Waals surface area contributed by atoms with Crippen molar-refractivity contribution >= 4 is 61.7 Å². The Hall–Kier alpha value is -4.67. The van der Waals surface area contributed by atoms with Gasteiger partial charge in [-0.3, -0.25) is 9.59 Å². The number of aromatic nitrogens is 2. The van der Waals surface area contributed by atoms with Crippen LogP contribution in [0, 0.1) is 0 Å². The van der Waals surface area contributed by atoms with E-state index < -0.39 is 0 Å². The van der Waals surface area contributed by atoms with E-state index in [1.165, 1.54) is 17.4 Å². The summed E-state index contributed by atoms with van der Waals surface area (Å²) in [6.45, 7) is 1.44. The molecule has 3 aromatic heterocycles. The van der Waals surface area contributed by atoms with Gasteiger partial charge in [0.05, 0.1) is 12.8 Å². The average molecular weight is 569 g/mol. The molecule has 0 fully saturated rings. The highest BCUT2D eigenvalue weighted by Gasteiger charge is 2.18. The van der Waals surface area contributed by atoms with Crippen molar-refractivity contribution in [3.63, 3.8) is 0 Å². The van der Waals surface area contributed by atoms with Gasteiger partial charge in [0.15, 0.2) is 0 Å². The molecule has 41 heavy (non-hydrogen) atoms. The number of fused-ring (bicyclic) bond motifs is 2. The Morgan fingerprint density at radius 1 is 1.15 bits per heavy atom. The third kappa shape index (κ3) is 5.79. The Bertz CT molecular complexity index is 1770.